The van der Waals surface area contributed by atoms with Crippen LogP contribution in [0.2, 0.25) is 0 Å². The molecule has 20 heavy (non-hydrogen) atoms. The van der Waals surface area contributed by atoms with Crippen LogP contribution in [0.4, 0.5) is 0 Å². The van der Waals surface area contributed by atoms with Crippen molar-refractivity contribution in [1.82, 2.24) is 4.72 Å². The third kappa shape index (κ3) is 3.80. The minimum atomic E-state index is -3.64. The van der Waals surface area contributed by atoms with Gasteiger partial charge < -0.3 is 4.74 Å². The van der Waals surface area contributed by atoms with Crippen LogP contribution in [0.1, 0.15) is 36.7 Å². The van der Waals surface area contributed by atoms with E-state index in [0.29, 0.717) is 5.56 Å². The van der Waals surface area contributed by atoms with Crippen molar-refractivity contribution in [3.63, 3.8) is 0 Å². The first-order chi connectivity index (χ1) is 9.19. The molecule has 0 heterocycles. The molecule has 5 nitrogen and oxygen atoms in total. The van der Waals surface area contributed by atoms with Crippen molar-refractivity contribution in [3.05, 3.63) is 29.3 Å². The number of methoxy groups -OCH3 is 1. The second kappa shape index (κ2) is 6.37. The number of rotatable bonds is 5. The number of aryl methyl sites for hydroxylation is 1. The average molecular weight is 299 g/mol. The summed E-state index contributed by atoms with van der Waals surface area (Å²) in [5.41, 5.74) is 0.931. The van der Waals surface area contributed by atoms with E-state index in [0.717, 1.165) is 0 Å². The van der Waals surface area contributed by atoms with Crippen LogP contribution in [0, 0.1) is 12.8 Å². The maximum absolute atomic E-state index is 12.3. The zero-order chi connectivity index (χ0) is 15.5. The molecule has 0 unspecified atom stereocenters. The molecular formula is C14H21NO4S. The van der Waals surface area contributed by atoms with Gasteiger partial charge in [0.25, 0.3) is 0 Å². The summed E-state index contributed by atoms with van der Waals surface area (Å²) < 4.78 is 31.8. The molecule has 1 rings (SSSR count). The van der Waals surface area contributed by atoms with Crippen LogP contribution in [0.25, 0.3) is 0 Å². The van der Waals surface area contributed by atoms with Gasteiger partial charge in [0, 0.05) is 6.04 Å². The van der Waals surface area contributed by atoms with E-state index in [1.54, 1.807) is 19.9 Å². The lowest BCUT2D eigenvalue weighted by Crippen LogP contribution is -2.36. The largest absolute Gasteiger partial charge is 0.465 e. The molecular weight excluding hydrogens is 278 g/mol. The summed E-state index contributed by atoms with van der Waals surface area (Å²) >= 11 is 0. The summed E-state index contributed by atoms with van der Waals surface area (Å²) in [7, 11) is -2.38. The first-order valence-corrected chi connectivity index (χ1v) is 7.88. The van der Waals surface area contributed by atoms with Gasteiger partial charge in [-0.05, 0) is 37.5 Å². The Kier molecular flexibility index (Phi) is 5.30. The molecule has 0 aliphatic carbocycles. The minimum Gasteiger partial charge on any atom is -0.465 e. The number of hydrogen-bond donors (Lipinski definition) is 1. The summed E-state index contributed by atoms with van der Waals surface area (Å²) in [6.07, 6.45) is 0. The third-order valence-corrected chi connectivity index (χ3v) is 4.82. The fraction of sp³-hybridized carbons (Fsp3) is 0.500. The maximum Gasteiger partial charge on any atom is 0.338 e. The van der Waals surface area contributed by atoms with Crippen LogP contribution in [0.15, 0.2) is 23.1 Å². The predicted octanol–water partition coefficient (Wildman–Crippen LogP) is 2.10. The lowest BCUT2D eigenvalue weighted by atomic mass is 10.1. The summed E-state index contributed by atoms with van der Waals surface area (Å²) in [4.78, 5) is 11.7. The van der Waals surface area contributed by atoms with E-state index < -0.39 is 16.0 Å². The molecule has 0 saturated carbocycles. The van der Waals surface area contributed by atoms with E-state index in [9.17, 15) is 13.2 Å². The Labute approximate surface area is 120 Å². The quantitative estimate of drug-likeness (QED) is 0.845. The maximum atomic E-state index is 12.3. The summed E-state index contributed by atoms with van der Waals surface area (Å²) in [6, 6.07) is 4.23. The molecule has 0 aromatic heterocycles. The third-order valence-electron chi connectivity index (χ3n) is 3.27. The molecule has 0 radical (unpaired) electrons. The molecule has 0 saturated heterocycles. The van der Waals surface area contributed by atoms with Crippen LogP contribution in [0.3, 0.4) is 0 Å². The second-order valence-electron chi connectivity index (χ2n) is 5.12. The predicted molar refractivity (Wildman–Crippen MR) is 77.1 cm³/mol. The van der Waals surface area contributed by atoms with E-state index in [4.69, 9.17) is 0 Å². The molecule has 0 fully saturated rings. The molecule has 0 spiro atoms. The van der Waals surface area contributed by atoms with Crippen molar-refractivity contribution in [2.24, 2.45) is 5.92 Å². The summed E-state index contributed by atoms with van der Waals surface area (Å²) in [5, 5.41) is 0. The molecule has 1 atom stereocenters. The van der Waals surface area contributed by atoms with E-state index >= 15 is 0 Å². The highest BCUT2D eigenvalue weighted by molar-refractivity contribution is 7.89. The Bertz CT molecular complexity index is 593. The molecule has 112 valence electrons. The van der Waals surface area contributed by atoms with Gasteiger partial charge in [0.15, 0.2) is 0 Å². The highest BCUT2D eigenvalue weighted by atomic mass is 32.2. The van der Waals surface area contributed by atoms with Crippen molar-refractivity contribution in [3.8, 4) is 0 Å². The Morgan fingerprint density at radius 1 is 1.25 bits per heavy atom. The standard InChI is InChI=1S/C14H21NO4S/c1-9(2)11(4)15-20(17,18)12-7-6-10(3)13(8-12)14(16)19-5/h6-9,11,15H,1-5H3/t11-/m0/s1. The van der Waals surface area contributed by atoms with Crippen LogP contribution >= 0.6 is 0 Å². The lowest BCUT2D eigenvalue weighted by molar-refractivity contribution is 0.0599. The zero-order valence-electron chi connectivity index (χ0n) is 12.4. The van der Waals surface area contributed by atoms with E-state index in [1.807, 2.05) is 13.8 Å². The highest BCUT2D eigenvalue weighted by Crippen LogP contribution is 2.17. The minimum absolute atomic E-state index is 0.0657. The first kappa shape index (κ1) is 16.7. The highest BCUT2D eigenvalue weighted by Gasteiger charge is 2.21. The van der Waals surface area contributed by atoms with Gasteiger partial charge >= 0.3 is 5.97 Å². The van der Waals surface area contributed by atoms with Gasteiger partial charge in [-0.2, -0.15) is 0 Å². The van der Waals surface area contributed by atoms with Gasteiger partial charge in [-0.25, -0.2) is 17.9 Å². The van der Waals surface area contributed by atoms with Crippen molar-refractivity contribution < 1.29 is 17.9 Å². The number of carbonyl (C=O) groups is 1. The topological polar surface area (TPSA) is 72.5 Å². The zero-order valence-corrected chi connectivity index (χ0v) is 13.2. The Hall–Kier alpha value is -1.40. The number of carbonyl (C=O) groups excluding carboxylic acids is 1. The summed E-state index contributed by atoms with van der Waals surface area (Å²) in [5.74, 6) is -0.369. The Morgan fingerprint density at radius 3 is 2.35 bits per heavy atom. The number of esters is 1. The summed E-state index contributed by atoms with van der Waals surface area (Å²) in [6.45, 7) is 7.40. The van der Waals surface area contributed by atoms with E-state index in [2.05, 4.69) is 9.46 Å². The van der Waals surface area contributed by atoms with Crippen molar-refractivity contribution in [2.45, 2.75) is 38.6 Å². The number of hydrogen-bond acceptors (Lipinski definition) is 4. The van der Waals surface area contributed by atoms with Crippen molar-refractivity contribution in [2.75, 3.05) is 7.11 Å². The SMILES string of the molecule is COC(=O)c1cc(S(=O)(=O)N[C@@H](C)C(C)C)ccc1C. The molecule has 1 aromatic carbocycles. The second-order valence-corrected chi connectivity index (χ2v) is 6.84. The molecule has 1 aromatic rings. The molecule has 0 amide bonds. The van der Waals surface area contributed by atoms with Crippen molar-refractivity contribution >= 4 is 16.0 Å². The molecule has 6 heteroatoms. The molecule has 0 aliphatic rings. The van der Waals surface area contributed by atoms with Gasteiger partial charge in [-0.1, -0.05) is 19.9 Å². The fourth-order valence-electron chi connectivity index (χ4n) is 1.55. The van der Waals surface area contributed by atoms with Crippen molar-refractivity contribution in [1.29, 1.82) is 0 Å². The smallest absolute Gasteiger partial charge is 0.338 e. The van der Waals surface area contributed by atoms with Gasteiger partial charge in [-0.3, -0.25) is 0 Å². The van der Waals surface area contributed by atoms with Gasteiger partial charge in [0.05, 0.1) is 17.6 Å². The van der Waals surface area contributed by atoms with Gasteiger partial charge in [-0.15, -0.1) is 0 Å². The number of ether oxygens (including phenoxy) is 1. The van der Waals surface area contributed by atoms with E-state index in [1.165, 1.54) is 19.2 Å². The van der Waals surface area contributed by atoms with E-state index in [-0.39, 0.29) is 22.4 Å². The average Bonchev–Trinajstić information content (AvgIpc) is 2.37. The number of nitrogens with one attached hydrogen (secondary N) is 1. The fourth-order valence-corrected chi connectivity index (χ4v) is 2.96. The Balaban J connectivity index is 3.17. The van der Waals surface area contributed by atoms with Crippen LogP contribution in [0.5, 0.6) is 0 Å². The monoisotopic (exact) mass is 299 g/mol. The molecule has 0 bridgehead atoms. The molecule has 1 N–H and O–H groups in total. The van der Waals surface area contributed by atoms with Gasteiger partial charge in [0.1, 0.15) is 0 Å². The normalized spacial score (nSPS) is 13.3. The Morgan fingerprint density at radius 2 is 1.85 bits per heavy atom. The van der Waals surface area contributed by atoms with Crippen LogP contribution in [-0.2, 0) is 14.8 Å². The molecule has 0 aliphatic heterocycles. The number of benzene rings is 1. The van der Waals surface area contributed by atoms with Crippen LogP contribution in [-0.4, -0.2) is 27.5 Å². The first-order valence-electron chi connectivity index (χ1n) is 6.40. The lowest BCUT2D eigenvalue weighted by Gasteiger charge is -2.18. The van der Waals surface area contributed by atoms with Crippen LogP contribution < -0.4 is 4.72 Å². The number of sulfonamides is 1. The van der Waals surface area contributed by atoms with Gasteiger partial charge in [0.2, 0.25) is 10.0 Å².